The van der Waals surface area contributed by atoms with Crippen LogP contribution in [0.25, 0.3) is 0 Å². The van der Waals surface area contributed by atoms with Gasteiger partial charge in [-0.3, -0.25) is 0 Å². The van der Waals surface area contributed by atoms with Crippen molar-refractivity contribution < 1.29 is 14.3 Å². The van der Waals surface area contributed by atoms with Crippen molar-refractivity contribution in [2.45, 2.75) is 6.29 Å². The van der Waals surface area contributed by atoms with Crippen LogP contribution in [0.4, 0.5) is 4.79 Å². The molecule has 21 heavy (non-hydrogen) atoms. The zero-order valence-corrected chi connectivity index (χ0v) is 13.3. The predicted molar refractivity (Wildman–Crippen MR) is 87.2 cm³/mol. The highest BCUT2D eigenvalue weighted by Gasteiger charge is 2.17. The number of halogens is 1. The van der Waals surface area contributed by atoms with Gasteiger partial charge in [0.1, 0.15) is 5.75 Å². The van der Waals surface area contributed by atoms with Gasteiger partial charge in [0.15, 0.2) is 0 Å². The minimum Gasteiger partial charge on any atom is -0.451 e. The van der Waals surface area contributed by atoms with Crippen molar-refractivity contribution in [1.29, 1.82) is 0 Å². The number of rotatable bonds is 8. The van der Waals surface area contributed by atoms with E-state index in [1.807, 2.05) is 12.1 Å². The zero-order valence-electron chi connectivity index (χ0n) is 11.7. The summed E-state index contributed by atoms with van der Waals surface area (Å²) >= 11 is 3.34. The van der Waals surface area contributed by atoms with Crippen LogP contribution in [0.15, 0.2) is 66.7 Å². The van der Waals surface area contributed by atoms with Crippen molar-refractivity contribution in [3.63, 3.8) is 0 Å². The van der Waals surface area contributed by atoms with E-state index in [2.05, 4.69) is 35.7 Å². The lowest BCUT2D eigenvalue weighted by molar-refractivity contribution is -0.0121. The molecule has 112 valence electrons. The van der Waals surface area contributed by atoms with Crippen molar-refractivity contribution in [1.82, 2.24) is 4.90 Å². The number of carbonyl (C=O) groups excluding carboxylic acids is 1. The number of nitrogens with zero attached hydrogens (tertiary/aromatic N) is 1. The quantitative estimate of drug-likeness (QED) is 0.521. The van der Waals surface area contributed by atoms with Crippen molar-refractivity contribution in [2.24, 2.45) is 0 Å². The van der Waals surface area contributed by atoms with Crippen LogP contribution in [0.5, 0.6) is 5.75 Å². The third-order valence-electron chi connectivity index (χ3n) is 2.43. The Labute approximate surface area is 133 Å². The Bertz CT molecular complexity index is 489. The van der Waals surface area contributed by atoms with Gasteiger partial charge in [0.05, 0.1) is 0 Å². The van der Waals surface area contributed by atoms with Crippen LogP contribution in [0.1, 0.15) is 0 Å². The molecular weight excluding hydrogens is 334 g/mol. The van der Waals surface area contributed by atoms with Crippen LogP contribution in [0.2, 0.25) is 0 Å². The summed E-state index contributed by atoms with van der Waals surface area (Å²) in [4.78, 5) is 13.5. The van der Waals surface area contributed by atoms with Gasteiger partial charge in [0.2, 0.25) is 0 Å². The third-order valence-corrected chi connectivity index (χ3v) is 2.96. The number of benzene rings is 1. The molecule has 1 atom stereocenters. The molecular formula is C16H18BrNO3. The predicted octanol–water partition coefficient (Wildman–Crippen LogP) is 4.15. The molecule has 0 aliphatic carbocycles. The molecule has 0 aliphatic heterocycles. The third kappa shape index (κ3) is 5.87. The van der Waals surface area contributed by atoms with Crippen molar-refractivity contribution in [2.75, 3.05) is 13.1 Å². The fourth-order valence-corrected chi connectivity index (χ4v) is 1.74. The lowest BCUT2D eigenvalue weighted by atomic mass is 10.3. The number of hydrogen-bond acceptors (Lipinski definition) is 3. The molecule has 5 heteroatoms. The van der Waals surface area contributed by atoms with Crippen LogP contribution < -0.4 is 4.74 Å². The van der Waals surface area contributed by atoms with E-state index >= 15 is 0 Å². The Morgan fingerprint density at radius 1 is 1.19 bits per heavy atom. The van der Waals surface area contributed by atoms with Gasteiger partial charge in [-0.1, -0.05) is 34.7 Å². The van der Waals surface area contributed by atoms with Crippen LogP contribution in [-0.2, 0) is 4.74 Å². The SMILES string of the molecule is C=CCN(CC=C)C(=O)OC(C=C)Oc1ccc(Br)cc1. The normalized spacial score (nSPS) is 11.1. The van der Waals surface area contributed by atoms with Crippen LogP contribution >= 0.6 is 15.9 Å². The highest BCUT2D eigenvalue weighted by molar-refractivity contribution is 9.10. The van der Waals surface area contributed by atoms with Gasteiger partial charge in [-0.25, -0.2) is 4.79 Å². The molecule has 1 aromatic rings. The Morgan fingerprint density at radius 2 is 1.76 bits per heavy atom. The minimum atomic E-state index is -0.865. The number of ether oxygens (including phenoxy) is 2. The largest absolute Gasteiger partial charge is 0.451 e. The van der Waals surface area contributed by atoms with Crippen LogP contribution in [0.3, 0.4) is 0 Å². The second kappa shape index (κ2) is 9.02. The van der Waals surface area contributed by atoms with E-state index in [4.69, 9.17) is 9.47 Å². The molecule has 0 aliphatic rings. The van der Waals surface area contributed by atoms with E-state index in [0.717, 1.165) is 4.47 Å². The Morgan fingerprint density at radius 3 is 2.24 bits per heavy atom. The summed E-state index contributed by atoms with van der Waals surface area (Å²) in [6, 6.07) is 7.19. The molecule has 0 N–H and O–H groups in total. The Hall–Kier alpha value is -2.01. The lowest BCUT2D eigenvalue weighted by Gasteiger charge is -2.22. The zero-order chi connectivity index (χ0) is 15.7. The van der Waals surface area contributed by atoms with E-state index in [1.54, 1.807) is 24.3 Å². The van der Waals surface area contributed by atoms with Gasteiger partial charge in [0, 0.05) is 17.6 Å². The first kappa shape index (κ1) is 17.0. The van der Waals surface area contributed by atoms with Gasteiger partial charge >= 0.3 is 6.09 Å². The smallest absolute Gasteiger partial charge is 0.413 e. The summed E-state index contributed by atoms with van der Waals surface area (Å²) in [7, 11) is 0. The summed E-state index contributed by atoms with van der Waals surface area (Å²) in [6.07, 6.45) is 3.26. The number of hydrogen-bond donors (Lipinski definition) is 0. The first-order chi connectivity index (χ1) is 10.1. The highest BCUT2D eigenvalue weighted by atomic mass is 79.9. The molecule has 1 aromatic carbocycles. The molecule has 0 bridgehead atoms. The Kier molecular flexibility index (Phi) is 7.32. The monoisotopic (exact) mass is 351 g/mol. The van der Waals surface area contributed by atoms with Gasteiger partial charge in [-0.2, -0.15) is 0 Å². The van der Waals surface area contributed by atoms with Crippen LogP contribution in [0, 0.1) is 0 Å². The molecule has 0 aromatic heterocycles. The van der Waals surface area contributed by atoms with Gasteiger partial charge in [-0.05, 0) is 30.3 Å². The highest BCUT2D eigenvalue weighted by Crippen LogP contribution is 2.18. The van der Waals surface area contributed by atoms with Gasteiger partial charge < -0.3 is 14.4 Å². The number of carbonyl (C=O) groups is 1. The average Bonchev–Trinajstić information content (AvgIpc) is 2.48. The number of amides is 1. The molecule has 1 amide bonds. The summed E-state index contributed by atoms with van der Waals surface area (Å²) in [6.45, 7) is 11.5. The van der Waals surface area contributed by atoms with Crippen LogP contribution in [-0.4, -0.2) is 30.4 Å². The van der Waals surface area contributed by atoms with E-state index in [1.165, 1.54) is 11.0 Å². The molecule has 0 heterocycles. The average molecular weight is 352 g/mol. The summed E-state index contributed by atoms with van der Waals surface area (Å²) in [5, 5.41) is 0. The molecule has 4 nitrogen and oxygen atoms in total. The van der Waals surface area contributed by atoms with Gasteiger partial charge in [0.25, 0.3) is 6.29 Å². The van der Waals surface area contributed by atoms with Crippen molar-refractivity contribution >= 4 is 22.0 Å². The molecule has 1 unspecified atom stereocenters. The first-order valence-corrected chi connectivity index (χ1v) is 7.12. The second-order valence-corrected chi connectivity index (χ2v) is 4.96. The van der Waals surface area contributed by atoms with E-state index in [0.29, 0.717) is 18.8 Å². The lowest BCUT2D eigenvalue weighted by Crippen LogP contribution is -2.35. The summed E-state index contributed by atoms with van der Waals surface area (Å²) in [5.74, 6) is 0.579. The minimum absolute atomic E-state index is 0.368. The maximum Gasteiger partial charge on any atom is 0.413 e. The van der Waals surface area contributed by atoms with Gasteiger partial charge in [-0.15, -0.1) is 13.2 Å². The van der Waals surface area contributed by atoms with E-state index < -0.39 is 12.4 Å². The molecule has 0 saturated heterocycles. The summed E-state index contributed by atoms with van der Waals surface area (Å²) < 4.78 is 11.7. The molecule has 0 saturated carbocycles. The molecule has 1 rings (SSSR count). The van der Waals surface area contributed by atoms with E-state index in [9.17, 15) is 4.79 Å². The van der Waals surface area contributed by atoms with E-state index in [-0.39, 0.29) is 0 Å². The summed E-state index contributed by atoms with van der Waals surface area (Å²) in [5.41, 5.74) is 0. The fourth-order valence-electron chi connectivity index (χ4n) is 1.48. The maximum absolute atomic E-state index is 12.0. The molecule has 0 spiro atoms. The molecule has 0 fully saturated rings. The second-order valence-electron chi connectivity index (χ2n) is 4.04. The Balaban J connectivity index is 2.65. The fraction of sp³-hybridized carbons (Fsp3) is 0.188. The standard InChI is InChI=1S/C16H18BrNO3/c1-4-11-18(12-5-2)16(19)21-15(6-3)20-14-9-7-13(17)8-10-14/h4-10,15H,1-3,11-12H2. The van der Waals surface area contributed by atoms with Crippen molar-refractivity contribution in [3.05, 3.63) is 66.7 Å². The maximum atomic E-state index is 12.0. The van der Waals surface area contributed by atoms with Crippen molar-refractivity contribution in [3.8, 4) is 5.75 Å². The first-order valence-electron chi connectivity index (χ1n) is 6.32. The molecule has 0 radical (unpaired) electrons. The topological polar surface area (TPSA) is 38.8 Å².